The molecule has 156 valence electrons. The number of thiazole rings is 1. The minimum Gasteiger partial charge on any atom is -0.493 e. The Morgan fingerprint density at radius 1 is 1.07 bits per heavy atom. The highest BCUT2D eigenvalue weighted by Gasteiger charge is 2.13. The van der Waals surface area contributed by atoms with Gasteiger partial charge in [-0.05, 0) is 35.9 Å². The van der Waals surface area contributed by atoms with Gasteiger partial charge in [-0.3, -0.25) is 14.9 Å². The van der Waals surface area contributed by atoms with Crippen LogP contribution in [0.3, 0.4) is 0 Å². The predicted molar refractivity (Wildman–Crippen MR) is 118 cm³/mol. The summed E-state index contributed by atoms with van der Waals surface area (Å²) in [6.07, 6.45) is 0.0985. The van der Waals surface area contributed by atoms with Crippen LogP contribution in [-0.4, -0.2) is 37.7 Å². The van der Waals surface area contributed by atoms with E-state index >= 15 is 0 Å². The van der Waals surface area contributed by atoms with E-state index in [0.29, 0.717) is 22.3 Å². The van der Waals surface area contributed by atoms with Crippen LogP contribution in [0.25, 0.3) is 11.3 Å². The smallest absolute Gasteiger partial charge is 0.310 e. The molecule has 0 unspecified atom stereocenters. The van der Waals surface area contributed by atoms with Crippen molar-refractivity contribution in [1.82, 2.24) is 4.98 Å². The molecule has 0 bridgehead atoms. The van der Waals surface area contributed by atoms with Crippen LogP contribution in [-0.2, 0) is 20.7 Å². The van der Waals surface area contributed by atoms with E-state index in [1.54, 1.807) is 20.3 Å². The van der Waals surface area contributed by atoms with Gasteiger partial charge in [-0.15, -0.1) is 11.3 Å². The fourth-order valence-corrected chi connectivity index (χ4v) is 3.58. The molecule has 0 radical (unpaired) electrons. The molecular formula is C21H19BrN2O5S. The van der Waals surface area contributed by atoms with E-state index in [1.165, 1.54) is 11.3 Å². The maximum atomic E-state index is 12.1. The number of nitrogens with one attached hydrogen (secondary N) is 1. The third-order valence-corrected chi connectivity index (χ3v) is 5.34. The fraction of sp³-hybridized carbons (Fsp3) is 0.190. The van der Waals surface area contributed by atoms with Crippen molar-refractivity contribution in [3.63, 3.8) is 0 Å². The van der Waals surface area contributed by atoms with Crippen molar-refractivity contribution < 1.29 is 23.8 Å². The number of halogens is 1. The minimum atomic E-state index is -0.474. The van der Waals surface area contributed by atoms with E-state index in [2.05, 4.69) is 26.2 Å². The highest BCUT2D eigenvalue weighted by molar-refractivity contribution is 9.10. The molecule has 0 spiro atoms. The van der Waals surface area contributed by atoms with Gasteiger partial charge >= 0.3 is 5.97 Å². The first-order valence-electron chi connectivity index (χ1n) is 8.86. The Kier molecular flexibility index (Phi) is 7.42. The van der Waals surface area contributed by atoms with Crippen LogP contribution in [0.1, 0.15) is 5.56 Å². The summed E-state index contributed by atoms with van der Waals surface area (Å²) in [5, 5.41) is 4.87. The standard InChI is InChI=1S/C21H19BrN2O5S/c1-27-17-8-5-14(10-18(17)28-2)16-12-30-21(23-16)24-19(25)11-29-20(26)9-13-3-6-15(22)7-4-13/h3-8,10,12H,9,11H2,1-2H3,(H,23,24,25). The molecule has 0 aliphatic heterocycles. The number of amides is 1. The summed E-state index contributed by atoms with van der Waals surface area (Å²) in [7, 11) is 3.13. The summed E-state index contributed by atoms with van der Waals surface area (Å²) in [6.45, 7) is -0.374. The Balaban J connectivity index is 1.53. The highest BCUT2D eigenvalue weighted by atomic mass is 79.9. The molecule has 30 heavy (non-hydrogen) atoms. The Labute approximate surface area is 186 Å². The monoisotopic (exact) mass is 490 g/mol. The van der Waals surface area contributed by atoms with E-state index in [-0.39, 0.29) is 13.0 Å². The van der Waals surface area contributed by atoms with Crippen LogP contribution < -0.4 is 14.8 Å². The van der Waals surface area contributed by atoms with E-state index in [0.717, 1.165) is 15.6 Å². The van der Waals surface area contributed by atoms with Gasteiger partial charge in [0, 0.05) is 15.4 Å². The second kappa shape index (κ2) is 10.2. The first-order valence-corrected chi connectivity index (χ1v) is 10.5. The molecular weight excluding hydrogens is 472 g/mol. The first kappa shape index (κ1) is 21.8. The number of hydrogen-bond acceptors (Lipinski definition) is 7. The average molecular weight is 491 g/mol. The third-order valence-electron chi connectivity index (χ3n) is 4.06. The Morgan fingerprint density at radius 3 is 2.50 bits per heavy atom. The molecule has 0 aliphatic rings. The van der Waals surface area contributed by atoms with Gasteiger partial charge < -0.3 is 14.2 Å². The van der Waals surface area contributed by atoms with Gasteiger partial charge in [0.05, 0.1) is 26.3 Å². The molecule has 2 aromatic carbocycles. The summed E-state index contributed by atoms with van der Waals surface area (Å²) >= 11 is 4.61. The molecule has 0 saturated carbocycles. The Hall–Kier alpha value is -2.91. The van der Waals surface area contributed by atoms with E-state index in [1.807, 2.05) is 41.8 Å². The lowest BCUT2D eigenvalue weighted by Gasteiger charge is -2.08. The lowest BCUT2D eigenvalue weighted by atomic mass is 10.1. The minimum absolute atomic E-state index is 0.0985. The van der Waals surface area contributed by atoms with E-state index in [4.69, 9.17) is 14.2 Å². The Morgan fingerprint density at radius 2 is 1.80 bits per heavy atom. The largest absolute Gasteiger partial charge is 0.493 e. The molecule has 1 amide bonds. The maximum Gasteiger partial charge on any atom is 0.310 e. The molecule has 1 heterocycles. The Bertz CT molecular complexity index is 1040. The number of carbonyl (C=O) groups excluding carboxylic acids is 2. The van der Waals surface area contributed by atoms with Crippen LogP contribution in [0.4, 0.5) is 5.13 Å². The zero-order valence-corrected chi connectivity index (χ0v) is 18.7. The molecule has 3 rings (SSSR count). The second-order valence-corrected chi connectivity index (χ2v) is 7.89. The topological polar surface area (TPSA) is 86.8 Å². The quantitative estimate of drug-likeness (QED) is 0.473. The van der Waals surface area contributed by atoms with Crippen molar-refractivity contribution >= 4 is 44.3 Å². The molecule has 7 nitrogen and oxygen atoms in total. The number of hydrogen-bond donors (Lipinski definition) is 1. The molecule has 0 saturated heterocycles. The van der Waals surface area contributed by atoms with Crippen LogP contribution in [0.15, 0.2) is 52.3 Å². The normalized spacial score (nSPS) is 10.4. The third kappa shape index (κ3) is 5.80. The van der Waals surface area contributed by atoms with Crippen LogP contribution in [0.5, 0.6) is 11.5 Å². The van der Waals surface area contributed by atoms with Crippen molar-refractivity contribution in [2.75, 3.05) is 26.1 Å². The lowest BCUT2D eigenvalue weighted by molar-refractivity contribution is -0.146. The average Bonchev–Trinajstić information content (AvgIpc) is 3.21. The van der Waals surface area contributed by atoms with E-state index < -0.39 is 11.9 Å². The molecule has 9 heteroatoms. The number of nitrogens with zero attached hydrogens (tertiary/aromatic N) is 1. The number of esters is 1. The zero-order valence-electron chi connectivity index (χ0n) is 16.3. The van der Waals surface area contributed by atoms with E-state index in [9.17, 15) is 9.59 Å². The van der Waals surface area contributed by atoms with Crippen molar-refractivity contribution in [1.29, 1.82) is 0 Å². The number of anilines is 1. The van der Waals surface area contributed by atoms with Gasteiger partial charge in [-0.25, -0.2) is 4.98 Å². The molecule has 0 atom stereocenters. The highest BCUT2D eigenvalue weighted by Crippen LogP contribution is 2.33. The van der Waals surface area contributed by atoms with Crippen molar-refractivity contribution in [3.05, 3.63) is 57.9 Å². The van der Waals surface area contributed by atoms with Crippen LogP contribution in [0.2, 0.25) is 0 Å². The summed E-state index contributed by atoms with van der Waals surface area (Å²) in [5.74, 6) is 0.284. The van der Waals surface area contributed by atoms with Gasteiger partial charge in [-0.1, -0.05) is 28.1 Å². The number of ether oxygens (including phenoxy) is 3. The molecule has 1 N–H and O–H groups in total. The van der Waals surface area contributed by atoms with Crippen LogP contribution >= 0.6 is 27.3 Å². The fourth-order valence-electron chi connectivity index (χ4n) is 2.58. The summed E-state index contributed by atoms with van der Waals surface area (Å²) < 4.78 is 16.5. The predicted octanol–water partition coefficient (Wildman–Crippen LogP) is 4.31. The van der Waals surface area contributed by atoms with Crippen LogP contribution in [0, 0.1) is 0 Å². The second-order valence-electron chi connectivity index (χ2n) is 6.12. The number of aromatic nitrogens is 1. The molecule has 1 aromatic heterocycles. The molecule has 3 aromatic rings. The number of carbonyl (C=O) groups is 2. The van der Waals surface area contributed by atoms with Crippen molar-refractivity contribution in [2.24, 2.45) is 0 Å². The lowest BCUT2D eigenvalue weighted by Crippen LogP contribution is -2.21. The van der Waals surface area contributed by atoms with Gasteiger partial charge in [0.15, 0.2) is 23.2 Å². The number of rotatable bonds is 8. The van der Waals surface area contributed by atoms with Gasteiger partial charge in [0.25, 0.3) is 5.91 Å². The summed E-state index contributed by atoms with van der Waals surface area (Å²) in [5.41, 5.74) is 2.32. The number of benzene rings is 2. The molecule has 0 aliphatic carbocycles. The summed E-state index contributed by atoms with van der Waals surface area (Å²) in [6, 6.07) is 12.8. The first-order chi connectivity index (χ1) is 14.5. The van der Waals surface area contributed by atoms with Crippen molar-refractivity contribution in [3.8, 4) is 22.8 Å². The van der Waals surface area contributed by atoms with Gasteiger partial charge in [0.1, 0.15) is 0 Å². The summed E-state index contributed by atoms with van der Waals surface area (Å²) in [4.78, 5) is 28.4. The molecule has 0 fully saturated rings. The van der Waals surface area contributed by atoms with Gasteiger partial charge in [0.2, 0.25) is 0 Å². The van der Waals surface area contributed by atoms with Crippen molar-refractivity contribution in [2.45, 2.75) is 6.42 Å². The number of methoxy groups -OCH3 is 2. The maximum absolute atomic E-state index is 12.1. The van der Waals surface area contributed by atoms with Gasteiger partial charge in [-0.2, -0.15) is 0 Å². The SMILES string of the molecule is COc1ccc(-c2csc(NC(=O)COC(=O)Cc3ccc(Br)cc3)n2)cc1OC. The zero-order chi connectivity index (χ0) is 21.5.